The highest BCUT2D eigenvalue weighted by molar-refractivity contribution is 8.00. The van der Waals surface area contributed by atoms with Gasteiger partial charge in [-0.2, -0.15) is 13.2 Å². The van der Waals surface area contributed by atoms with Gasteiger partial charge in [-0.05, 0) is 61.0 Å². The van der Waals surface area contributed by atoms with Gasteiger partial charge in [0.05, 0.1) is 17.0 Å². The van der Waals surface area contributed by atoms with Crippen molar-refractivity contribution >= 4 is 35.0 Å². The SMILES string of the molecule is Cc1c(F)cccc1N1C(=O)CS[C@H]1c1ccc(NC(=O)c2ccc(C(F)(F)F)cc2)cc1. The van der Waals surface area contributed by atoms with Gasteiger partial charge in [-0.15, -0.1) is 11.8 Å². The summed E-state index contributed by atoms with van der Waals surface area (Å²) in [5, 5.41) is 2.30. The lowest BCUT2D eigenvalue weighted by Crippen LogP contribution is -2.28. The Kier molecular flexibility index (Phi) is 6.16. The Bertz CT molecular complexity index is 1190. The highest BCUT2D eigenvalue weighted by atomic mass is 32.2. The van der Waals surface area contributed by atoms with E-state index in [4.69, 9.17) is 0 Å². The summed E-state index contributed by atoms with van der Waals surface area (Å²) >= 11 is 1.42. The van der Waals surface area contributed by atoms with Crippen molar-refractivity contribution in [2.75, 3.05) is 16.0 Å². The van der Waals surface area contributed by atoms with Gasteiger partial charge in [-0.1, -0.05) is 18.2 Å². The molecule has 1 aliphatic heterocycles. The Labute approximate surface area is 191 Å². The number of nitrogens with one attached hydrogen (secondary N) is 1. The molecule has 1 atom stereocenters. The summed E-state index contributed by atoms with van der Waals surface area (Å²) in [4.78, 5) is 26.5. The zero-order valence-electron chi connectivity index (χ0n) is 17.3. The minimum Gasteiger partial charge on any atom is -0.322 e. The summed E-state index contributed by atoms with van der Waals surface area (Å²) in [7, 11) is 0. The Morgan fingerprint density at radius 2 is 1.70 bits per heavy atom. The van der Waals surface area contributed by atoms with Gasteiger partial charge in [0.15, 0.2) is 0 Å². The highest BCUT2D eigenvalue weighted by Crippen LogP contribution is 2.43. The minimum atomic E-state index is -4.47. The van der Waals surface area contributed by atoms with Crippen LogP contribution < -0.4 is 10.2 Å². The predicted octanol–water partition coefficient (Wildman–Crippen LogP) is 6.18. The van der Waals surface area contributed by atoms with E-state index in [0.29, 0.717) is 16.9 Å². The number of thioether (sulfide) groups is 1. The third-order valence-electron chi connectivity index (χ3n) is 5.29. The van der Waals surface area contributed by atoms with Crippen LogP contribution in [0.15, 0.2) is 66.7 Å². The normalized spacial score (nSPS) is 16.2. The van der Waals surface area contributed by atoms with E-state index in [2.05, 4.69) is 5.32 Å². The number of nitrogens with zero attached hydrogens (tertiary/aromatic N) is 1. The molecule has 0 unspecified atom stereocenters. The van der Waals surface area contributed by atoms with E-state index in [1.165, 1.54) is 17.8 Å². The molecule has 9 heteroatoms. The maximum atomic E-state index is 14.0. The first-order valence-corrected chi connectivity index (χ1v) is 11.0. The molecule has 0 saturated carbocycles. The van der Waals surface area contributed by atoms with E-state index in [1.807, 2.05) is 0 Å². The van der Waals surface area contributed by atoms with Crippen LogP contribution in [0.1, 0.15) is 32.4 Å². The van der Waals surface area contributed by atoms with Gasteiger partial charge in [0.2, 0.25) is 5.91 Å². The average molecular weight is 474 g/mol. The Morgan fingerprint density at radius 1 is 1.03 bits per heavy atom. The monoisotopic (exact) mass is 474 g/mol. The largest absolute Gasteiger partial charge is 0.416 e. The van der Waals surface area contributed by atoms with Crippen molar-refractivity contribution in [1.82, 2.24) is 0 Å². The third-order valence-corrected chi connectivity index (χ3v) is 6.51. The lowest BCUT2D eigenvalue weighted by atomic mass is 10.1. The van der Waals surface area contributed by atoms with Crippen LogP contribution >= 0.6 is 11.8 Å². The van der Waals surface area contributed by atoms with Gasteiger partial charge >= 0.3 is 6.18 Å². The summed E-state index contributed by atoms with van der Waals surface area (Å²) in [5.74, 6) is -0.804. The highest BCUT2D eigenvalue weighted by Gasteiger charge is 2.35. The van der Waals surface area contributed by atoms with Crippen molar-refractivity contribution in [2.45, 2.75) is 18.5 Å². The van der Waals surface area contributed by atoms with Gasteiger partial charge in [0.1, 0.15) is 11.2 Å². The van der Waals surface area contributed by atoms with Crippen molar-refractivity contribution in [1.29, 1.82) is 0 Å². The van der Waals surface area contributed by atoms with Gasteiger partial charge in [0, 0.05) is 16.8 Å². The third kappa shape index (κ3) is 4.73. The quantitative estimate of drug-likeness (QED) is 0.459. The zero-order valence-corrected chi connectivity index (χ0v) is 18.1. The molecular formula is C24H18F4N2O2S. The molecule has 33 heavy (non-hydrogen) atoms. The lowest BCUT2D eigenvalue weighted by molar-refractivity contribution is -0.137. The zero-order chi connectivity index (χ0) is 23.8. The molecule has 0 aliphatic carbocycles. The first-order chi connectivity index (χ1) is 15.6. The molecule has 0 bridgehead atoms. The van der Waals surface area contributed by atoms with Crippen LogP contribution in [0.5, 0.6) is 0 Å². The van der Waals surface area contributed by atoms with E-state index in [0.717, 1.165) is 29.8 Å². The summed E-state index contributed by atoms with van der Waals surface area (Å²) in [6, 6.07) is 15.4. The summed E-state index contributed by atoms with van der Waals surface area (Å²) in [5.41, 5.74) is 1.41. The van der Waals surface area contributed by atoms with Crippen LogP contribution in [-0.2, 0) is 11.0 Å². The average Bonchev–Trinajstić information content (AvgIpc) is 3.17. The number of benzene rings is 3. The number of hydrogen-bond donors (Lipinski definition) is 1. The Morgan fingerprint density at radius 3 is 2.33 bits per heavy atom. The van der Waals surface area contributed by atoms with Gasteiger partial charge < -0.3 is 5.32 Å². The fourth-order valence-electron chi connectivity index (χ4n) is 3.53. The summed E-state index contributed by atoms with van der Waals surface area (Å²) in [6.45, 7) is 1.62. The number of carbonyl (C=O) groups is 2. The van der Waals surface area contributed by atoms with Gasteiger partial charge in [-0.3, -0.25) is 14.5 Å². The fourth-order valence-corrected chi connectivity index (χ4v) is 4.70. The number of carbonyl (C=O) groups excluding carboxylic acids is 2. The van der Waals surface area contributed by atoms with Crippen molar-refractivity contribution in [3.63, 3.8) is 0 Å². The van der Waals surface area contributed by atoms with E-state index in [-0.39, 0.29) is 22.6 Å². The summed E-state index contributed by atoms with van der Waals surface area (Å²) < 4.78 is 52.1. The molecule has 0 radical (unpaired) electrons. The molecule has 4 nitrogen and oxygen atoms in total. The maximum Gasteiger partial charge on any atom is 0.416 e. The van der Waals surface area contributed by atoms with Crippen LogP contribution in [0.25, 0.3) is 0 Å². The number of amides is 2. The van der Waals surface area contributed by atoms with E-state index >= 15 is 0 Å². The maximum absolute atomic E-state index is 14.0. The predicted molar refractivity (Wildman–Crippen MR) is 120 cm³/mol. The Hall–Kier alpha value is -3.33. The molecule has 0 spiro atoms. The number of hydrogen-bond acceptors (Lipinski definition) is 3. The van der Waals surface area contributed by atoms with Crippen LogP contribution in [0.4, 0.5) is 28.9 Å². The van der Waals surface area contributed by atoms with Crippen LogP contribution in [0.2, 0.25) is 0 Å². The minimum absolute atomic E-state index is 0.0942. The molecule has 1 fully saturated rings. The first kappa shape index (κ1) is 22.8. The molecule has 2 amide bonds. The standard InChI is InChI=1S/C24H18F4N2O2S/c1-14-19(25)3-2-4-20(14)30-21(31)13-33-23(30)16-7-11-18(12-8-16)29-22(32)15-5-9-17(10-6-15)24(26,27)28/h2-12,23H,13H2,1H3,(H,29,32)/t23-/m0/s1. The van der Waals surface area contributed by atoms with Crippen molar-refractivity contribution < 1.29 is 27.2 Å². The Balaban J connectivity index is 1.50. The van der Waals surface area contributed by atoms with Crippen molar-refractivity contribution in [3.05, 3.63) is 94.8 Å². The number of rotatable bonds is 4. The topological polar surface area (TPSA) is 49.4 Å². The first-order valence-electron chi connectivity index (χ1n) is 9.92. The molecule has 4 rings (SSSR count). The lowest BCUT2D eigenvalue weighted by Gasteiger charge is -2.26. The number of anilines is 2. The van der Waals surface area contributed by atoms with Crippen LogP contribution in [0.3, 0.4) is 0 Å². The number of alkyl halides is 3. The second-order valence-electron chi connectivity index (χ2n) is 7.46. The molecule has 1 heterocycles. The van der Waals surface area contributed by atoms with Crippen LogP contribution in [-0.4, -0.2) is 17.6 Å². The molecule has 1 aliphatic rings. The molecule has 0 aromatic heterocycles. The van der Waals surface area contributed by atoms with Crippen LogP contribution in [0, 0.1) is 12.7 Å². The fraction of sp³-hybridized carbons (Fsp3) is 0.167. The van der Waals surface area contributed by atoms with Crippen molar-refractivity contribution in [2.24, 2.45) is 0 Å². The second-order valence-corrected chi connectivity index (χ2v) is 8.53. The molecule has 3 aromatic carbocycles. The molecule has 1 saturated heterocycles. The van der Waals surface area contributed by atoms with Crippen molar-refractivity contribution in [3.8, 4) is 0 Å². The number of halogens is 4. The second kappa shape index (κ2) is 8.90. The van der Waals surface area contributed by atoms with E-state index < -0.39 is 23.5 Å². The van der Waals surface area contributed by atoms with E-state index in [9.17, 15) is 27.2 Å². The van der Waals surface area contributed by atoms with Gasteiger partial charge in [0.25, 0.3) is 5.91 Å². The molecule has 3 aromatic rings. The van der Waals surface area contributed by atoms with Gasteiger partial charge in [-0.25, -0.2) is 4.39 Å². The van der Waals surface area contributed by atoms with E-state index in [1.54, 1.807) is 48.2 Å². The molecule has 1 N–H and O–H groups in total. The molecule has 170 valence electrons. The molecular weight excluding hydrogens is 456 g/mol. The smallest absolute Gasteiger partial charge is 0.322 e. The summed E-state index contributed by atoms with van der Waals surface area (Å²) in [6.07, 6.45) is -4.47.